The maximum atomic E-state index is 2.62. The molecule has 1 atom stereocenters. The summed E-state index contributed by atoms with van der Waals surface area (Å²) in [7, 11) is 0. The number of likely N-dealkylation sites (tertiary alicyclic amines) is 1. The number of nitrogens with zero attached hydrogens (tertiary/aromatic N) is 1. The van der Waals surface area contributed by atoms with Gasteiger partial charge in [-0.3, -0.25) is 4.90 Å². The number of rotatable bonds is 5. The van der Waals surface area contributed by atoms with Gasteiger partial charge in [0.15, 0.2) is 0 Å². The van der Waals surface area contributed by atoms with Crippen LogP contribution in [0, 0.1) is 0 Å². The third kappa shape index (κ3) is 2.60. The van der Waals surface area contributed by atoms with Crippen LogP contribution in [-0.2, 0) is 0 Å². The Morgan fingerprint density at radius 1 is 1.20 bits per heavy atom. The number of benzene rings is 1. The van der Waals surface area contributed by atoms with Crippen LogP contribution in [0.15, 0.2) is 30.3 Å². The summed E-state index contributed by atoms with van der Waals surface area (Å²) in [6, 6.07) is 11.7. The summed E-state index contributed by atoms with van der Waals surface area (Å²) in [6.07, 6.45) is 5.35. The second-order valence-electron chi connectivity index (χ2n) is 4.46. The average molecular weight is 203 g/mol. The molecule has 0 saturated carbocycles. The molecule has 1 aromatic carbocycles. The predicted molar refractivity (Wildman–Crippen MR) is 64.9 cm³/mol. The number of hydrogen-bond acceptors (Lipinski definition) is 1. The van der Waals surface area contributed by atoms with Crippen molar-refractivity contribution < 1.29 is 0 Å². The van der Waals surface area contributed by atoms with Crippen LogP contribution in [0.5, 0.6) is 0 Å². The van der Waals surface area contributed by atoms with Gasteiger partial charge in [0.05, 0.1) is 0 Å². The summed E-state index contributed by atoms with van der Waals surface area (Å²) >= 11 is 0. The maximum absolute atomic E-state index is 2.62. The van der Waals surface area contributed by atoms with Crippen molar-refractivity contribution in [3.63, 3.8) is 0 Å². The smallest absolute Gasteiger partial charge is 0.0348 e. The fourth-order valence-corrected chi connectivity index (χ4v) is 2.29. The van der Waals surface area contributed by atoms with Gasteiger partial charge in [0, 0.05) is 6.04 Å². The third-order valence-electron chi connectivity index (χ3n) is 3.35. The molecule has 0 aromatic heterocycles. The van der Waals surface area contributed by atoms with Crippen LogP contribution in [0.3, 0.4) is 0 Å². The average Bonchev–Trinajstić information content (AvgIpc) is 2.22. The van der Waals surface area contributed by atoms with Crippen LogP contribution in [0.4, 0.5) is 0 Å². The highest BCUT2D eigenvalue weighted by atomic mass is 15.2. The molecule has 0 bridgehead atoms. The Morgan fingerprint density at radius 2 is 1.93 bits per heavy atom. The maximum Gasteiger partial charge on any atom is 0.0348 e. The van der Waals surface area contributed by atoms with Crippen molar-refractivity contribution in [3.05, 3.63) is 35.9 Å². The van der Waals surface area contributed by atoms with Gasteiger partial charge in [-0.1, -0.05) is 50.1 Å². The lowest BCUT2D eigenvalue weighted by molar-refractivity contribution is 0.110. The molecule has 15 heavy (non-hydrogen) atoms. The summed E-state index contributed by atoms with van der Waals surface area (Å²) < 4.78 is 0. The SMILES string of the molecule is CCCCC(c1ccccc1)N1CCC1. The van der Waals surface area contributed by atoms with E-state index in [9.17, 15) is 0 Å². The molecule has 1 nitrogen and oxygen atoms in total. The second kappa shape index (κ2) is 5.32. The molecule has 0 N–H and O–H groups in total. The van der Waals surface area contributed by atoms with E-state index in [1.807, 2.05) is 0 Å². The fourth-order valence-electron chi connectivity index (χ4n) is 2.29. The van der Waals surface area contributed by atoms with E-state index in [0.717, 1.165) is 0 Å². The molecule has 1 aromatic rings. The quantitative estimate of drug-likeness (QED) is 0.706. The van der Waals surface area contributed by atoms with E-state index in [2.05, 4.69) is 42.2 Å². The fraction of sp³-hybridized carbons (Fsp3) is 0.571. The van der Waals surface area contributed by atoms with Crippen molar-refractivity contribution in [2.24, 2.45) is 0 Å². The first kappa shape index (κ1) is 10.7. The zero-order chi connectivity index (χ0) is 10.5. The normalized spacial score (nSPS) is 18.5. The highest BCUT2D eigenvalue weighted by Gasteiger charge is 2.24. The summed E-state index contributed by atoms with van der Waals surface area (Å²) in [4.78, 5) is 2.62. The first-order valence-corrected chi connectivity index (χ1v) is 6.21. The van der Waals surface area contributed by atoms with Crippen LogP contribution < -0.4 is 0 Å². The molecule has 1 heterocycles. The molecule has 82 valence electrons. The van der Waals surface area contributed by atoms with Gasteiger partial charge in [-0.15, -0.1) is 0 Å². The van der Waals surface area contributed by atoms with Gasteiger partial charge < -0.3 is 0 Å². The highest BCUT2D eigenvalue weighted by molar-refractivity contribution is 5.19. The number of unbranched alkanes of at least 4 members (excludes halogenated alkanes) is 1. The third-order valence-corrected chi connectivity index (χ3v) is 3.35. The minimum absolute atomic E-state index is 0.680. The number of hydrogen-bond donors (Lipinski definition) is 0. The van der Waals surface area contributed by atoms with Crippen LogP contribution in [0.1, 0.15) is 44.2 Å². The van der Waals surface area contributed by atoms with Crippen molar-refractivity contribution >= 4 is 0 Å². The van der Waals surface area contributed by atoms with Crippen molar-refractivity contribution in [1.29, 1.82) is 0 Å². The Balaban J connectivity index is 2.04. The lowest BCUT2D eigenvalue weighted by Gasteiger charge is -2.38. The van der Waals surface area contributed by atoms with Gasteiger partial charge in [0.2, 0.25) is 0 Å². The molecule has 1 aliphatic rings. The molecule has 2 rings (SSSR count). The molecule has 0 spiro atoms. The van der Waals surface area contributed by atoms with E-state index in [1.165, 1.54) is 44.3 Å². The topological polar surface area (TPSA) is 3.24 Å². The van der Waals surface area contributed by atoms with Gasteiger partial charge in [-0.2, -0.15) is 0 Å². The first-order chi connectivity index (χ1) is 7.42. The van der Waals surface area contributed by atoms with Crippen LogP contribution in [0.2, 0.25) is 0 Å². The standard InChI is InChI=1S/C14H21N/c1-2-3-10-14(15-11-7-12-15)13-8-5-4-6-9-13/h4-6,8-9,14H,2-3,7,10-12H2,1H3. The molecule has 0 amide bonds. The molecular formula is C14H21N. The largest absolute Gasteiger partial charge is 0.296 e. The van der Waals surface area contributed by atoms with Crippen molar-refractivity contribution in [2.45, 2.75) is 38.6 Å². The highest BCUT2D eigenvalue weighted by Crippen LogP contribution is 2.29. The minimum atomic E-state index is 0.680. The summed E-state index contributed by atoms with van der Waals surface area (Å²) in [6.45, 7) is 4.87. The molecule has 1 fully saturated rings. The zero-order valence-corrected chi connectivity index (χ0v) is 9.65. The van der Waals surface area contributed by atoms with E-state index >= 15 is 0 Å². The summed E-state index contributed by atoms with van der Waals surface area (Å²) in [5.41, 5.74) is 1.51. The van der Waals surface area contributed by atoms with Crippen LogP contribution in [0.25, 0.3) is 0 Å². The van der Waals surface area contributed by atoms with E-state index in [-0.39, 0.29) is 0 Å². The van der Waals surface area contributed by atoms with E-state index in [4.69, 9.17) is 0 Å². The van der Waals surface area contributed by atoms with Crippen molar-refractivity contribution in [1.82, 2.24) is 4.90 Å². The minimum Gasteiger partial charge on any atom is -0.296 e. The molecule has 0 aliphatic carbocycles. The van der Waals surface area contributed by atoms with Crippen LogP contribution >= 0.6 is 0 Å². The van der Waals surface area contributed by atoms with E-state index in [1.54, 1.807) is 0 Å². The first-order valence-electron chi connectivity index (χ1n) is 6.21. The molecule has 1 aliphatic heterocycles. The Labute approximate surface area is 93.1 Å². The monoisotopic (exact) mass is 203 g/mol. The molecule has 1 saturated heterocycles. The van der Waals surface area contributed by atoms with Gasteiger partial charge in [-0.25, -0.2) is 0 Å². The zero-order valence-electron chi connectivity index (χ0n) is 9.65. The second-order valence-corrected chi connectivity index (χ2v) is 4.46. The van der Waals surface area contributed by atoms with Gasteiger partial charge >= 0.3 is 0 Å². The van der Waals surface area contributed by atoms with E-state index < -0.39 is 0 Å². The van der Waals surface area contributed by atoms with Crippen molar-refractivity contribution in [2.75, 3.05) is 13.1 Å². The molecule has 0 radical (unpaired) electrons. The lowest BCUT2D eigenvalue weighted by Crippen LogP contribution is -2.40. The van der Waals surface area contributed by atoms with Gasteiger partial charge in [0.1, 0.15) is 0 Å². The summed E-state index contributed by atoms with van der Waals surface area (Å²) in [5, 5.41) is 0. The summed E-state index contributed by atoms with van der Waals surface area (Å²) in [5.74, 6) is 0. The van der Waals surface area contributed by atoms with Gasteiger partial charge in [-0.05, 0) is 31.5 Å². The van der Waals surface area contributed by atoms with Gasteiger partial charge in [0.25, 0.3) is 0 Å². The Morgan fingerprint density at radius 3 is 2.47 bits per heavy atom. The lowest BCUT2D eigenvalue weighted by atomic mass is 9.97. The Bertz CT molecular complexity index is 277. The van der Waals surface area contributed by atoms with E-state index in [0.29, 0.717) is 6.04 Å². The Hall–Kier alpha value is -0.820. The predicted octanol–water partition coefficient (Wildman–Crippen LogP) is 3.62. The van der Waals surface area contributed by atoms with Crippen molar-refractivity contribution in [3.8, 4) is 0 Å². The molecular weight excluding hydrogens is 182 g/mol. The van der Waals surface area contributed by atoms with Crippen LogP contribution in [-0.4, -0.2) is 18.0 Å². The molecule has 1 unspecified atom stereocenters. The Kier molecular flexibility index (Phi) is 3.79. The molecule has 1 heteroatoms.